The Labute approximate surface area is 123 Å². The Morgan fingerprint density at radius 3 is 2.40 bits per heavy atom. The predicted octanol–water partition coefficient (Wildman–Crippen LogP) is 3.79. The summed E-state index contributed by atoms with van der Waals surface area (Å²) in [5.41, 5.74) is 2.35. The molecule has 0 amide bonds. The van der Waals surface area contributed by atoms with E-state index in [1.807, 2.05) is 0 Å². The average molecular weight is 275 g/mol. The van der Waals surface area contributed by atoms with E-state index in [2.05, 4.69) is 57.1 Å². The fourth-order valence-corrected chi connectivity index (χ4v) is 3.62. The van der Waals surface area contributed by atoms with Gasteiger partial charge in [-0.25, -0.2) is 0 Å². The molecule has 0 aliphatic heterocycles. The number of benzene rings is 1. The van der Waals surface area contributed by atoms with Gasteiger partial charge in [0.05, 0.1) is 11.6 Å². The van der Waals surface area contributed by atoms with Gasteiger partial charge in [0.15, 0.2) is 0 Å². The normalized spacial score (nSPS) is 19.8. The van der Waals surface area contributed by atoms with E-state index >= 15 is 0 Å². The summed E-state index contributed by atoms with van der Waals surface area (Å²) < 4.78 is 0. The zero-order chi connectivity index (χ0) is 14.8. The molecule has 1 aromatic carbocycles. The van der Waals surface area contributed by atoms with Crippen molar-refractivity contribution >= 4 is 0 Å². The Bertz CT molecular complexity index is 433. The predicted molar refractivity (Wildman–Crippen MR) is 84.8 cm³/mol. The molecule has 2 rings (SSSR count). The van der Waals surface area contributed by atoms with Crippen LogP contribution in [0.2, 0.25) is 0 Å². The molecule has 1 saturated carbocycles. The molecule has 0 saturated heterocycles. The summed E-state index contributed by atoms with van der Waals surface area (Å²) in [6.45, 7) is 4.47. The van der Waals surface area contributed by atoms with Crippen LogP contribution in [-0.2, 0) is 6.42 Å². The highest BCUT2D eigenvalue weighted by molar-refractivity contribution is 5.28. The smallest absolute Gasteiger partial charge is 0.0973 e. The van der Waals surface area contributed by atoms with Gasteiger partial charge in [0, 0.05) is 0 Å². The zero-order valence-electron chi connectivity index (χ0n) is 13.4. The van der Waals surface area contributed by atoms with Crippen molar-refractivity contribution in [2.75, 3.05) is 14.1 Å². The lowest BCUT2D eigenvalue weighted by molar-refractivity contribution is -0.00479. The van der Waals surface area contributed by atoms with Gasteiger partial charge in [-0.3, -0.25) is 0 Å². The number of rotatable bonds is 5. The molecule has 0 aromatic heterocycles. The summed E-state index contributed by atoms with van der Waals surface area (Å²) in [6, 6.07) is 8.55. The molecule has 0 radical (unpaired) electrons. The molecular weight excluding hydrogens is 246 g/mol. The number of hydrogen-bond donors (Lipinski definition) is 1. The van der Waals surface area contributed by atoms with E-state index in [4.69, 9.17) is 0 Å². The Morgan fingerprint density at radius 2 is 1.85 bits per heavy atom. The minimum atomic E-state index is -0.382. The van der Waals surface area contributed by atoms with Gasteiger partial charge in [0.25, 0.3) is 0 Å². The number of aliphatic hydroxyl groups excluding tert-OH is 1. The van der Waals surface area contributed by atoms with Crippen molar-refractivity contribution in [1.29, 1.82) is 0 Å². The molecule has 1 aromatic rings. The Morgan fingerprint density at radius 1 is 1.20 bits per heavy atom. The second kappa shape index (κ2) is 6.28. The van der Waals surface area contributed by atoms with E-state index in [-0.39, 0.29) is 11.6 Å². The number of nitrogens with zero attached hydrogens (tertiary/aromatic N) is 1. The van der Waals surface area contributed by atoms with Gasteiger partial charge < -0.3 is 10.0 Å². The molecule has 1 N–H and O–H groups in total. The lowest BCUT2D eigenvalue weighted by Gasteiger charge is -2.41. The van der Waals surface area contributed by atoms with Crippen LogP contribution in [0, 0.1) is 5.92 Å². The summed E-state index contributed by atoms with van der Waals surface area (Å²) >= 11 is 0. The van der Waals surface area contributed by atoms with Crippen LogP contribution in [0.15, 0.2) is 24.3 Å². The SMILES string of the molecule is CC(C)Cc1cccc(C(O)C2(N(C)C)CCCC2)c1. The van der Waals surface area contributed by atoms with Crippen molar-refractivity contribution in [3.05, 3.63) is 35.4 Å². The van der Waals surface area contributed by atoms with Gasteiger partial charge in [-0.05, 0) is 50.4 Å². The Hall–Kier alpha value is -0.860. The molecule has 2 nitrogen and oxygen atoms in total. The first-order valence-corrected chi connectivity index (χ1v) is 7.90. The minimum absolute atomic E-state index is 0.0730. The lowest BCUT2D eigenvalue weighted by Crippen LogP contribution is -2.47. The second-order valence-corrected chi connectivity index (χ2v) is 6.95. The van der Waals surface area contributed by atoms with Gasteiger partial charge in [0.2, 0.25) is 0 Å². The van der Waals surface area contributed by atoms with E-state index in [1.165, 1.54) is 18.4 Å². The second-order valence-electron chi connectivity index (χ2n) is 6.95. The van der Waals surface area contributed by atoms with E-state index in [0.29, 0.717) is 5.92 Å². The van der Waals surface area contributed by atoms with Gasteiger partial charge in [0.1, 0.15) is 0 Å². The van der Waals surface area contributed by atoms with Gasteiger partial charge >= 0.3 is 0 Å². The molecule has 1 unspecified atom stereocenters. The first kappa shape index (κ1) is 15.5. The molecule has 112 valence electrons. The van der Waals surface area contributed by atoms with E-state index < -0.39 is 0 Å². The number of hydrogen-bond acceptors (Lipinski definition) is 2. The molecule has 1 aliphatic rings. The zero-order valence-corrected chi connectivity index (χ0v) is 13.4. The summed E-state index contributed by atoms with van der Waals surface area (Å²) in [5, 5.41) is 11.0. The number of aliphatic hydroxyl groups is 1. The van der Waals surface area contributed by atoms with Crippen LogP contribution in [0.25, 0.3) is 0 Å². The maximum Gasteiger partial charge on any atom is 0.0973 e. The van der Waals surface area contributed by atoms with E-state index in [9.17, 15) is 5.11 Å². The Balaban J connectivity index is 2.25. The highest BCUT2D eigenvalue weighted by atomic mass is 16.3. The van der Waals surface area contributed by atoms with Crippen molar-refractivity contribution in [2.45, 2.75) is 57.6 Å². The van der Waals surface area contributed by atoms with Crippen molar-refractivity contribution in [1.82, 2.24) is 4.90 Å². The molecule has 1 fully saturated rings. The summed E-state index contributed by atoms with van der Waals surface area (Å²) in [6.07, 6.45) is 5.33. The molecule has 20 heavy (non-hydrogen) atoms. The standard InChI is InChI=1S/C18H29NO/c1-14(2)12-15-8-7-9-16(13-15)17(20)18(19(3)4)10-5-6-11-18/h7-9,13-14,17,20H,5-6,10-12H2,1-4H3. The maximum atomic E-state index is 11.0. The fraction of sp³-hybridized carbons (Fsp3) is 0.667. The third-order valence-corrected chi connectivity index (χ3v) is 4.78. The first-order chi connectivity index (χ1) is 9.45. The average Bonchev–Trinajstić information content (AvgIpc) is 2.88. The molecule has 2 heteroatoms. The van der Waals surface area contributed by atoms with Crippen molar-refractivity contribution in [3.8, 4) is 0 Å². The van der Waals surface area contributed by atoms with E-state index in [0.717, 1.165) is 24.8 Å². The minimum Gasteiger partial charge on any atom is -0.386 e. The first-order valence-electron chi connectivity index (χ1n) is 7.90. The molecule has 1 atom stereocenters. The van der Waals surface area contributed by atoms with Crippen LogP contribution in [0.3, 0.4) is 0 Å². The van der Waals surface area contributed by atoms with Crippen LogP contribution >= 0.6 is 0 Å². The molecule has 1 aliphatic carbocycles. The molecule has 0 heterocycles. The lowest BCUT2D eigenvalue weighted by atomic mass is 9.84. The number of likely N-dealkylation sites (N-methyl/N-ethyl adjacent to an activating group) is 1. The topological polar surface area (TPSA) is 23.5 Å². The highest BCUT2D eigenvalue weighted by Crippen LogP contribution is 2.43. The third kappa shape index (κ3) is 3.07. The van der Waals surface area contributed by atoms with Crippen LogP contribution < -0.4 is 0 Å². The largest absolute Gasteiger partial charge is 0.386 e. The summed E-state index contributed by atoms with van der Waals surface area (Å²) in [5.74, 6) is 0.650. The van der Waals surface area contributed by atoms with Crippen molar-refractivity contribution in [2.24, 2.45) is 5.92 Å². The van der Waals surface area contributed by atoms with Gasteiger partial charge in [-0.2, -0.15) is 0 Å². The van der Waals surface area contributed by atoms with Gasteiger partial charge in [-0.15, -0.1) is 0 Å². The summed E-state index contributed by atoms with van der Waals surface area (Å²) in [7, 11) is 4.21. The maximum absolute atomic E-state index is 11.0. The Kier molecular flexibility index (Phi) is 4.87. The monoisotopic (exact) mass is 275 g/mol. The van der Waals surface area contributed by atoms with Crippen LogP contribution in [0.5, 0.6) is 0 Å². The molecule has 0 spiro atoms. The highest BCUT2D eigenvalue weighted by Gasteiger charge is 2.43. The molecule has 0 bridgehead atoms. The molecular formula is C18H29NO. The summed E-state index contributed by atoms with van der Waals surface area (Å²) in [4.78, 5) is 2.24. The quantitative estimate of drug-likeness (QED) is 0.883. The fourth-order valence-electron chi connectivity index (χ4n) is 3.62. The van der Waals surface area contributed by atoms with Gasteiger partial charge in [-0.1, -0.05) is 51.0 Å². The van der Waals surface area contributed by atoms with Crippen LogP contribution in [0.4, 0.5) is 0 Å². The van der Waals surface area contributed by atoms with Crippen LogP contribution in [0.1, 0.15) is 56.8 Å². The van der Waals surface area contributed by atoms with Crippen molar-refractivity contribution < 1.29 is 5.11 Å². The van der Waals surface area contributed by atoms with Crippen LogP contribution in [-0.4, -0.2) is 29.6 Å². The van der Waals surface area contributed by atoms with Crippen molar-refractivity contribution in [3.63, 3.8) is 0 Å². The third-order valence-electron chi connectivity index (χ3n) is 4.78. The van der Waals surface area contributed by atoms with E-state index in [1.54, 1.807) is 0 Å².